The quantitative estimate of drug-likeness (QED) is 0.686. The predicted octanol–water partition coefficient (Wildman–Crippen LogP) is 1.60. The maximum Gasteiger partial charge on any atom is 0.223 e. The summed E-state index contributed by atoms with van der Waals surface area (Å²) >= 11 is 0. The van der Waals surface area contributed by atoms with E-state index in [1.165, 1.54) is 0 Å². The normalized spacial score (nSPS) is 15.5. The second kappa shape index (κ2) is 7.07. The lowest BCUT2D eigenvalue weighted by Gasteiger charge is -2.34. The van der Waals surface area contributed by atoms with Gasteiger partial charge in [-0.2, -0.15) is 10.1 Å². The molecule has 0 spiro atoms. The standard InChI is InChI=1S/C18H24N8O/c1-12-9-13(2)26(22-12)18-10-17(19-14(3)20-18)25-7-5-24(6-8-25)11-16-21-15(4)27-23-16/h9-10H,5-8,11H2,1-4H3. The van der Waals surface area contributed by atoms with Crippen LogP contribution in [0.3, 0.4) is 0 Å². The molecule has 0 aromatic carbocycles. The van der Waals surface area contributed by atoms with Crippen LogP contribution >= 0.6 is 0 Å². The van der Waals surface area contributed by atoms with Crippen LogP contribution in [-0.4, -0.2) is 61.0 Å². The first-order valence-electron chi connectivity index (χ1n) is 9.14. The summed E-state index contributed by atoms with van der Waals surface area (Å²) in [6.45, 7) is 12.1. The van der Waals surface area contributed by atoms with Crippen molar-refractivity contribution < 1.29 is 4.52 Å². The molecule has 0 aliphatic carbocycles. The Bertz CT molecular complexity index is 939. The first-order valence-corrected chi connectivity index (χ1v) is 9.14. The number of nitrogens with zero attached hydrogens (tertiary/aromatic N) is 8. The summed E-state index contributed by atoms with van der Waals surface area (Å²) in [4.78, 5) is 18.1. The van der Waals surface area contributed by atoms with Crippen LogP contribution in [0.5, 0.6) is 0 Å². The second-order valence-corrected chi connectivity index (χ2v) is 6.96. The van der Waals surface area contributed by atoms with Gasteiger partial charge in [-0.15, -0.1) is 0 Å². The molecule has 3 aromatic heterocycles. The van der Waals surface area contributed by atoms with Gasteiger partial charge < -0.3 is 9.42 Å². The molecular weight excluding hydrogens is 344 g/mol. The highest BCUT2D eigenvalue weighted by molar-refractivity contribution is 5.45. The van der Waals surface area contributed by atoms with Crippen LogP contribution in [0.15, 0.2) is 16.7 Å². The maximum atomic E-state index is 5.05. The average molecular weight is 368 g/mol. The van der Waals surface area contributed by atoms with Crippen molar-refractivity contribution in [2.75, 3.05) is 31.1 Å². The van der Waals surface area contributed by atoms with Crippen LogP contribution < -0.4 is 4.90 Å². The molecule has 4 heterocycles. The van der Waals surface area contributed by atoms with Gasteiger partial charge in [-0.3, -0.25) is 4.90 Å². The zero-order chi connectivity index (χ0) is 19.0. The third kappa shape index (κ3) is 3.82. The Morgan fingerprint density at radius 2 is 1.67 bits per heavy atom. The largest absolute Gasteiger partial charge is 0.354 e. The molecule has 1 aliphatic heterocycles. The lowest BCUT2D eigenvalue weighted by molar-refractivity contribution is 0.239. The van der Waals surface area contributed by atoms with E-state index in [1.807, 2.05) is 38.4 Å². The molecule has 27 heavy (non-hydrogen) atoms. The number of aromatic nitrogens is 6. The smallest absolute Gasteiger partial charge is 0.223 e. The molecule has 1 saturated heterocycles. The van der Waals surface area contributed by atoms with E-state index in [4.69, 9.17) is 4.52 Å². The number of hydrogen-bond acceptors (Lipinski definition) is 8. The van der Waals surface area contributed by atoms with E-state index >= 15 is 0 Å². The van der Waals surface area contributed by atoms with Crippen molar-refractivity contribution in [3.63, 3.8) is 0 Å². The number of piperazine rings is 1. The van der Waals surface area contributed by atoms with Crippen LogP contribution in [-0.2, 0) is 6.54 Å². The SMILES string of the molecule is Cc1cc(C)n(-c2cc(N3CCN(Cc4noc(C)n4)CC3)nc(C)n2)n1. The lowest BCUT2D eigenvalue weighted by Crippen LogP contribution is -2.46. The fourth-order valence-electron chi connectivity index (χ4n) is 3.41. The van der Waals surface area contributed by atoms with Crippen molar-refractivity contribution in [2.24, 2.45) is 0 Å². The molecule has 4 rings (SSSR count). The van der Waals surface area contributed by atoms with Gasteiger partial charge in [0.15, 0.2) is 11.6 Å². The van der Waals surface area contributed by atoms with Gasteiger partial charge in [0.05, 0.1) is 12.2 Å². The van der Waals surface area contributed by atoms with Gasteiger partial charge in [-0.25, -0.2) is 14.6 Å². The first kappa shape index (κ1) is 17.6. The van der Waals surface area contributed by atoms with E-state index in [9.17, 15) is 0 Å². The Morgan fingerprint density at radius 1 is 0.926 bits per heavy atom. The highest BCUT2D eigenvalue weighted by Gasteiger charge is 2.21. The molecule has 9 nitrogen and oxygen atoms in total. The van der Waals surface area contributed by atoms with Crippen molar-refractivity contribution in [3.05, 3.63) is 41.1 Å². The van der Waals surface area contributed by atoms with Crippen molar-refractivity contribution >= 4 is 5.82 Å². The summed E-state index contributed by atoms with van der Waals surface area (Å²) in [5.74, 6) is 3.86. The molecule has 142 valence electrons. The minimum Gasteiger partial charge on any atom is -0.354 e. The first-order chi connectivity index (χ1) is 13.0. The molecule has 1 fully saturated rings. The zero-order valence-corrected chi connectivity index (χ0v) is 16.2. The molecule has 1 aliphatic rings. The summed E-state index contributed by atoms with van der Waals surface area (Å²) in [7, 11) is 0. The van der Waals surface area contributed by atoms with Crippen LogP contribution in [0.2, 0.25) is 0 Å². The van der Waals surface area contributed by atoms with E-state index in [2.05, 4.69) is 41.1 Å². The van der Waals surface area contributed by atoms with Gasteiger partial charge in [-0.05, 0) is 26.8 Å². The Labute approximate surface area is 158 Å². The third-order valence-corrected chi connectivity index (χ3v) is 4.67. The van der Waals surface area contributed by atoms with Crippen molar-refractivity contribution in [2.45, 2.75) is 34.2 Å². The van der Waals surface area contributed by atoms with Gasteiger partial charge >= 0.3 is 0 Å². The van der Waals surface area contributed by atoms with E-state index in [0.717, 1.165) is 60.9 Å². The van der Waals surface area contributed by atoms with Gasteiger partial charge in [0, 0.05) is 44.9 Å². The van der Waals surface area contributed by atoms with Gasteiger partial charge in [0.1, 0.15) is 11.6 Å². The summed E-state index contributed by atoms with van der Waals surface area (Å²) < 4.78 is 6.93. The van der Waals surface area contributed by atoms with Crippen molar-refractivity contribution in [1.82, 2.24) is 34.8 Å². The van der Waals surface area contributed by atoms with Gasteiger partial charge in [0.2, 0.25) is 5.89 Å². The molecule has 0 radical (unpaired) electrons. The minimum atomic E-state index is 0.608. The molecule has 9 heteroatoms. The topological polar surface area (TPSA) is 89.0 Å². The number of rotatable bonds is 4. The van der Waals surface area contributed by atoms with Gasteiger partial charge in [-0.1, -0.05) is 5.16 Å². The van der Waals surface area contributed by atoms with Gasteiger partial charge in [0.25, 0.3) is 0 Å². The van der Waals surface area contributed by atoms with Crippen LogP contribution in [0.4, 0.5) is 5.82 Å². The molecule has 0 N–H and O–H groups in total. The monoisotopic (exact) mass is 368 g/mol. The Hall–Kier alpha value is -2.81. The fourth-order valence-corrected chi connectivity index (χ4v) is 3.41. The highest BCUT2D eigenvalue weighted by atomic mass is 16.5. The molecule has 0 amide bonds. The Balaban J connectivity index is 1.47. The molecular formula is C18H24N8O. The Kier molecular flexibility index (Phi) is 4.61. The lowest BCUT2D eigenvalue weighted by atomic mass is 10.3. The van der Waals surface area contributed by atoms with Crippen molar-refractivity contribution in [1.29, 1.82) is 0 Å². The van der Waals surface area contributed by atoms with E-state index in [1.54, 1.807) is 0 Å². The number of aryl methyl sites for hydroxylation is 4. The summed E-state index contributed by atoms with van der Waals surface area (Å²) in [5.41, 5.74) is 2.05. The van der Waals surface area contributed by atoms with Crippen LogP contribution in [0, 0.1) is 27.7 Å². The molecule has 3 aromatic rings. The average Bonchev–Trinajstić information content (AvgIpc) is 3.19. The highest BCUT2D eigenvalue weighted by Crippen LogP contribution is 2.19. The maximum absolute atomic E-state index is 5.05. The molecule has 0 unspecified atom stereocenters. The fraction of sp³-hybridized carbons (Fsp3) is 0.500. The Morgan fingerprint density at radius 3 is 2.30 bits per heavy atom. The zero-order valence-electron chi connectivity index (χ0n) is 16.2. The summed E-state index contributed by atoms with van der Waals surface area (Å²) in [6.07, 6.45) is 0. The van der Waals surface area contributed by atoms with Crippen LogP contribution in [0.1, 0.15) is 28.9 Å². The third-order valence-electron chi connectivity index (χ3n) is 4.67. The minimum absolute atomic E-state index is 0.608. The van der Waals surface area contributed by atoms with Crippen molar-refractivity contribution in [3.8, 4) is 5.82 Å². The molecule has 0 atom stereocenters. The molecule has 0 bridgehead atoms. The number of hydrogen-bond donors (Lipinski definition) is 0. The van der Waals surface area contributed by atoms with E-state index in [-0.39, 0.29) is 0 Å². The number of anilines is 1. The van der Waals surface area contributed by atoms with E-state index in [0.29, 0.717) is 12.4 Å². The van der Waals surface area contributed by atoms with Crippen LogP contribution in [0.25, 0.3) is 5.82 Å². The van der Waals surface area contributed by atoms with E-state index < -0.39 is 0 Å². The molecule has 0 saturated carbocycles. The predicted molar refractivity (Wildman–Crippen MR) is 99.9 cm³/mol. The second-order valence-electron chi connectivity index (χ2n) is 6.96. The summed E-state index contributed by atoms with van der Waals surface area (Å²) in [5, 5.41) is 8.53. The summed E-state index contributed by atoms with van der Waals surface area (Å²) in [6, 6.07) is 4.07.